The molecule has 1 rings (SSSR count). The zero-order chi connectivity index (χ0) is 13.6. The third-order valence-corrected chi connectivity index (χ3v) is 3.94. The molecule has 1 aromatic rings. The van der Waals surface area contributed by atoms with Crippen LogP contribution in [-0.4, -0.2) is 25.8 Å². The monoisotopic (exact) mass is 270 g/mol. The summed E-state index contributed by atoms with van der Waals surface area (Å²) >= 11 is 0. The van der Waals surface area contributed by atoms with Gasteiger partial charge in [0.15, 0.2) is 9.84 Å². The quantitative estimate of drug-likeness (QED) is 0.765. The Bertz CT molecular complexity index is 512. The van der Waals surface area contributed by atoms with Gasteiger partial charge in [-0.1, -0.05) is 19.4 Å². The molecule has 0 heterocycles. The molecule has 0 saturated heterocycles. The first-order valence-electron chi connectivity index (χ1n) is 5.79. The number of rotatable bonds is 6. The third kappa shape index (κ3) is 5.18. The number of hydrogen-bond acceptors (Lipinski definition) is 4. The molecule has 0 radical (unpaired) electrons. The fraction of sp³-hybridized carbons (Fsp3) is 0.417. The highest BCUT2D eigenvalue weighted by Gasteiger charge is 2.16. The Morgan fingerprint density at radius 3 is 2.72 bits per heavy atom. The van der Waals surface area contributed by atoms with Crippen molar-refractivity contribution in [2.75, 3.05) is 22.6 Å². The van der Waals surface area contributed by atoms with Crippen molar-refractivity contribution in [2.24, 2.45) is 0 Å². The van der Waals surface area contributed by atoms with E-state index in [0.29, 0.717) is 17.8 Å². The Hall–Kier alpha value is -1.56. The maximum Gasteiger partial charge on any atom is 0.239 e. The van der Waals surface area contributed by atoms with Gasteiger partial charge >= 0.3 is 0 Å². The molecule has 0 aliphatic carbocycles. The first kappa shape index (κ1) is 14.5. The fourth-order valence-electron chi connectivity index (χ4n) is 1.45. The molecule has 0 atom stereocenters. The topological polar surface area (TPSA) is 89.3 Å². The largest absolute Gasteiger partial charge is 0.399 e. The van der Waals surface area contributed by atoms with Crippen LogP contribution in [0.1, 0.15) is 19.8 Å². The van der Waals surface area contributed by atoms with Gasteiger partial charge in [0.1, 0.15) is 5.75 Å². The lowest BCUT2D eigenvalue weighted by Gasteiger charge is -2.06. The van der Waals surface area contributed by atoms with Crippen LogP contribution in [0.3, 0.4) is 0 Å². The van der Waals surface area contributed by atoms with Crippen LogP contribution in [0.15, 0.2) is 24.3 Å². The molecule has 0 bridgehead atoms. The van der Waals surface area contributed by atoms with Crippen molar-refractivity contribution in [1.82, 2.24) is 0 Å². The molecule has 1 amide bonds. The van der Waals surface area contributed by atoms with Crippen molar-refractivity contribution in [3.05, 3.63) is 24.3 Å². The van der Waals surface area contributed by atoms with E-state index in [-0.39, 0.29) is 5.75 Å². The minimum atomic E-state index is -3.32. The van der Waals surface area contributed by atoms with Crippen molar-refractivity contribution in [3.63, 3.8) is 0 Å². The number of carbonyl (C=O) groups is 1. The average Bonchev–Trinajstić information content (AvgIpc) is 2.25. The number of anilines is 2. The highest BCUT2D eigenvalue weighted by molar-refractivity contribution is 7.92. The van der Waals surface area contributed by atoms with E-state index in [1.165, 1.54) is 0 Å². The molecular formula is C12H18N2O3S. The van der Waals surface area contributed by atoms with Crippen LogP contribution in [-0.2, 0) is 14.6 Å². The Morgan fingerprint density at radius 1 is 1.39 bits per heavy atom. The predicted octanol–water partition coefficient (Wildman–Crippen LogP) is 1.42. The molecule has 18 heavy (non-hydrogen) atoms. The zero-order valence-corrected chi connectivity index (χ0v) is 11.2. The standard InChI is InChI=1S/C12H18N2O3S/c1-2-3-7-18(16,17)9-12(15)14-11-6-4-5-10(13)8-11/h4-6,8H,2-3,7,9,13H2,1H3,(H,14,15). The number of nitrogen functional groups attached to an aromatic ring is 1. The molecule has 0 fully saturated rings. The van der Waals surface area contributed by atoms with Crippen LogP contribution in [0.4, 0.5) is 11.4 Å². The average molecular weight is 270 g/mol. The molecule has 3 N–H and O–H groups in total. The van der Waals surface area contributed by atoms with E-state index in [2.05, 4.69) is 5.32 Å². The van der Waals surface area contributed by atoms with Gasteiger partial charge in [0, 0.05) is 11.4 Å². The number of unbranched alkanes of at least 4 members (excludes halogenated alkanes) is 1. The van der Waals surface area contributed by atoms with Crippen LogP contribution in [0.25, 0.3) is 0 Å². The number of nitrogens with two attached hydrogens (primary N) is 1. The van der Waals surface area contributed by atoms with E-state index in [0.717, 1.165) is 6.42 Å². The summed E-state index contributed by atoms with van der Waals surface area (Å²) < 4.78 is 23.1. The van der Waals surface area contributed by atoms with Gasteiger partial charge in [-0.3, -0.25) is 4.79 Å². The van der Waals surface area contributed by atoms with Gasteiger partial charge < -0.3 is 11.1 Å². The highest BCUT2D eigenvalue weighted by atomic mass is 32.2. The van der Waals surface area contributed by atoms with Gasteiger partial charge in [-0.15, -0.1) is 0 Å². The van der Waals surface area contributed by atoms with Crippen LogP contribution in [0, 0.1) is 0 Å². The van der Waals surface area contributed by atoms with Crippen molar-refractivity contribution in [2.45, 2.75) is 19.8 Å². The Morgan fingerprint density at radius 2 is 2.11 bits per heavy atom. The second kappa shape index (κ2) is 6.39. The van der Waals surface area contributed by atoms with E-state index in [1.54, 1.807) is 24.3 Å². The molecule has 1 aromatic carbocycles. The summed E-state index contributed by atoms with van der Waals surface area (Å²) in [4.78, 5) is 11.6. The van der Waals surface area contributed by atoms with E-state index in [9.17, 15) is 13.2 Å². The van der Waals surface area contributed by atoms with Crippen molar-refractivity contribution >= 4 is 27.1 Å². The summed E-state index contributed by atoms with van der Waals surface area (Å²) in [5, 5.41) is 2.52. The summed E-state index contributed by atoms with van der Waals surface area (Å²) in [6.45, 7) is 1.91. The second-order valence-electron chi connectivity index (χ2n) is 4.12. The Kier molecular flexibility index (Phi) is 5.15. The van der Waals surface area contributed by atoms with Gasteiger partial charge in [-0.25, -0.2) is 8.42 Å². The van der Waals surface area contributed by atoms with E-state index >= 15 is 0 Å². The number of nitrogens with one attached hydrogen (secondary N) is 1. The van der Waals surface area contributed by atoms with E-state index < -0.39 is 21.5 Å². The van der Waals surface area contributed by atoms with Crippen molar-refractivity contribution < 1.29 is 13.2 Å². The van der Waals surface area contributed by atoms with Crippen molar-refractivity contribution in [3.8, 4) is 0 Å². The van der Waals surface area contributed by atoms with Crippen LogP contribution < -0.4 is 11.1 Å². The summed E-state index contributed by atoms with van der Waals surface area (Å²) in [7, 11) is -3.32. The van der Waals surface area contributed by atoms with Gasteiger partial charge in [0.2, 0.25) is 5.91 Å². The fourth-order valence-corrected chi connectivity index (χ4v) is 2.79. The van der Waals surface area contributed by atoms with Crippen LogP contribution in [0.2, 0.25) is 0 Å². The normalized spacial score (nSPS) is 11.2. The molecule has 0 saturated carbocycles. The minimum Gasteiger partial charge on any atom is -0.399 e. The smallest absolute Gasteiger partial charge is 0.239 e. The molecular weight excluding hydrogens is 252 g/mol. The maximum atomic E-state index is 11.6. The molecule has 0 unspecified atom stereocenters. The lowest BCUT2D eigenvalue weighted by molar-refractivity contribution is -0.113. The summed E-state index contributed by atoms with van der Waals surface area (Å²) in [6.07, 6.45) is 1.37. The lowest BCUT2D eigenvalue weighted by Crippen LogP contribution is -2.24. The molecule has 6 heteroatoms. The second-order valence-corrected chi connectivity index (χ2v) is 6.30. The zero-order valence-electron chi connectivity index (χ0n) is 10.3. The SMILES string of the molecule is CCCCS(=O)(=O)CC(=O)Nc1cccc(N)c1. The molecule has 0 aliphatic heterocycles. The van der Waals surface area contributed by atoms with E-state index in [1.807, 2.05) is 6.92 Å². The maximum absolute atomic E-state index is 11.6. The molecule has 100 valence electrons. The summed E-state index contributed by atoms with van der Waals surface area (Å²) in [5.74, 6) is -0.966. The first-order valence-corrected chi connectivity index (χ1v) is 7.61. The van der Waals surface area contributed by atoms with Crippen molar-refractivity contribution in [1.29, 1.82) is 0 Å². The minimum absolute atomic E-state index is 0.0495. The highest BCUT2D eigenvalue weighted by Crippen LogP contribution is 2.11. The Balaban J connectivity index is 2.57. The number of benzene rings is 1. The van der Waals surface area contributed by atoms with Gasteiger partial charge in [0.05, 0.1) is 5.75 Å². The van der Waals surface area contributed by atoms with Crippen LogP contribution >= 0.6 is 0 Å². The van der Waals surface area contributed by atoms with Crippen LogP contribution in [0.5, 0.6) is 0 Å². The predicted molar refractivity (Wildman–Crippen MR) is 73.0 cm³/mol. The number of amides is 1. The first-order chi connectivity index (χ1) is 8.43. The summed E-state index contributed by atoms with van der Waals surface area (Å²) in [5.41, 5.74) is 6.58. The summed E-state index contributed by atoms with van der Waals surface area (Å²) in [6, 6.07) is 6.62. The molecule has 0 spiro atoms. The molecule has 0 aromatic heterocycles. The lowest BCUT2D eigenvalue weighted by atomic mass is 10.3. The van der Waals surface area contributed by atoms with Gasteiger partial charge in [-0.05, 0) is 24.6 Å². The Labute approximate surface area is 107 Å². The number of carbonyl (C=O) groups excluding carboxylic acids is 1. The van der Waals surface area contributed by atoms with Gasteiger partial charge in [0.25, 0.3) is 0 Å². The third-order valence-electron chi connectivity index (χ3n) is 2.33. The van der Waals surface area contributed by atoms with Gasteiger partial charge in [-0.2, -0.15) is 0 Å². The number of hydrogen-bond donors (Lipinski definition) is 2. The molecule has 0 aliphatic rings. The number of sulfone groups is 1. The van der Waals surface area contributed by atoms with E-state index in [4.69, 9.17) is 5.73 Å². The molecule has 5 nitrogen and oxygen atoms in total.